The molecular formula is C13H10BFO4. The molecule has 0 aliphatic rings. The molecule has 0 amide bonds. The Balaban J connectivity index is 2.21. The standard InChI is InChI=1S/C13H10BFO4/c15-11-6-1-2-7-12(11)19-13(16)9-4-3-5-10(8-9)14(17)18/h1-8,17-18H. The van der Waals surface area contributed by atoms with Crippen molar-refractivity contribution in [3.05, 3.63) is 59.9 Å². The molecule has 19 heavy (non-hydrogen) atoms. The first kappa shape index (κ1) is 13.3. The number of carbonyl (C=O) groups excluding carboxylic acids is 1. The Hall–Kier alpha value is -2.18. The Labute approximate surface area is 109 Å². The fraction of sp³-hybridized carbons (Fsp3) is 0. The Morgan fingerprint density at radius 1 is 1.11 bits per heavy atom. The molecule has 0 aliphatic heterocycles. The van der Waals surface area contributed by atoms with Gasteiger partial charge < -0.3 is 14.8 Å². The van der Waals surface area contributed by atoms with Gasteiger partial charge in [-0.2, -0.15) is 0 Å². The van der Waals surface area contributed by atoms with E-state index in [1.807, 2.05) is 0 Å². The Bertz CT molecular complexity index is 601. The second kappa shape index (κ2) is 5.64. The summed E-state index contributed by atoms with van der Waals surface area (Å²) in [6, 6.07) is 11.2. The number of halogens is 1. The summed E-state index contributed by atoms with van der Waals surface area (Å²) in [7, 11) is -1.68. The van der Waals surface area contributed by atoms with Gasteiger partial charge in [-0.25, -0.2) is 9.18 Å². The molecule has 0 aliphatic carbocycles. The van der Waals surface area contributed by atoms with E-state index in [9.17, 15) is 9.18 Å². The first-order chi connectivity index (χ1) is 9.08. The van der Waals surface area contributed by atoms with Gasteiger partial charge in [0.2, 0.25) is 0 Å². The topological polar surface area (TPSA) is 66.8 Å². The molecule has 0 atom stereocenters. The van der Waals surface area contributed by atoms with E-state index in [0.29, 0.717) is 0 Å². The Kier molecular flexibility index (Phi) is 3.94. The van der Waals surface area contributed by atoms with E-state index < -0.39 is 18.9 Å². The van der Waals surface area contributed by atoms with Crippen LogP contribution in [-0.4, -0.2) is 23.1 Å². The summed E-state index contributed by atoms with van der Waals surface area (Å²) in [5, 5.41) is 18.0. The second-order valence-corrected chi connectivity index (χ2v) is 3.82. The lowest BCUT2D eigenvalue weighted by Gasteiger charge is -2.06. The summed E-state index contributed by atoms with van der Waals surface area (Å²) in [6.07, 6.45) is 0. The van der Waals surface area contributed by atoms with Crippen LogP contribution in [0.4, 0.5) is 4.39 Å². The van der Waals surface area contributed by atoms with Gasteiger partial charge in [-0.15, -0.1) is 0 Å². The van der Waals surface area contributed by atoms with Crippen LogP contribution in [0.2, 0.25) is 0 Å². The van der Waals surface area contributed by atoms with Crippen LogP contribution in [0.3, 0.4) is 0 Å². The van der Waals surface area contributed by atoms with E-state index >= 15 is 0 Å². The highest BCUT2D eigenvalue weighted by Gasteiger charge is 2.15. The third kappa shape index (κ3) is 3.18. The summed E-state index contributed by atoms with van der Waals surface area (Å²) in [5.74, 6) is -1.59. The van der Waals surface area contributed by atoms with Gasteiger partial charge in [-0.3, -0.25) is 0 Å². The molecule has 0 bridgehead atoms. The molecule has 96 valence electrons. The van der Waals surface area contributed by atoms with Crippen molar-refractivity contribution in [2.75, 3.05) is 0 Å². The number of para-hydroxylation sites is 1. The molecule has 0 spiro atoms. The first-order valence-corrected chi connectivity index (χ1v) is 5.51. The fourth-order valence-electron chi connectivity index (χ4n) is 1.51. The van der Waals surface area contributed by atoms with Crippen molar-refractivity contribution in [1.29, 1.82) is 0 Å². The fourth-order valence-corrected chi connectivity index (χ4v) is 1.51. The summed E-state index contributed by atoms with van der Waals surface area (Å²) in [4.78, 5) is 11.8. The molecule has 2 aromatic rings. The maximum atomic E-state index is 13.3. The van der Waals surface area contributed by atoms with Crippen molar-refractivity contribution in [1.82, 2.24) is 0 Å². The number of rotatable bonds is 3. The quantitative estimate of drug-likeness (QED) is 0.485. The van der Waals surface area contributed by atoms with Gasteiger partial charge in [0.15, 0.2) is 11.6 Å². The van der Waals surface area contributed by atoms with E-state index in [1.165, 1.54) is 42.5 Å². The molecule has 4 nitrogen and oxygen atoms in total. The molecule has 2 N–H and O–H groups in total. The highest BCUT2D eigenvalue weighted by atomic mass is 19.1. The monoisotopic (exact) mass is 260 g/mol. The molecule has 0 fully saturated rings. The number of hydrogen-bond donors (Lipinski definition) is 2. The average molecular weight is 260 g/mol. The van der Waals surface area contributed by atoms with Gasteiger partial charge in [0.05, 0.1) is 5.56 Å². The SMILES string of the molecule is O=C(Oc1ccccc1F)c1cccc(B(O)O)c1. The average Bonchev–Trinajstić information content (AvgIpc) is 2.41. The van der Waals surface area contributed by atoms with Gasteiger partial charge in [0.25, 0.3) is 0 Å². The number of benzene rings is 2. The zero-order valence-corrected chi connectivity index (χ0v) is 9.79. The number of ether oxygens (including phenoxy) is 1. The van der Waals surface area contributed by atoms with Crippen molar-refractivity contribution in [3.8, 4) is 5.75 Å². The smallest absolute Gasteiger partial charge is 0.423 e. The van der Waals surface area contributed by atoms with Crippen LogP contribution in [0, 0.1) is 5.82 Å². The van der Waals surface area contributed by atoms with Crippen LogP contribution in [0.5, 0.6) is 5.75 Å². The van der Waals surface area contributed by atoms with Crippen molar-refractivity contribution in [2.24, 2.45) is 0 Å². The minimum Gasteiger partial charge on any atom is -0.423 e. The third-order valence-corrected chi connectivity index (χ3v) is 2.46. The van der Waals surface area contributed by atoms with Gasteiger partial charge in [-0.1, -0.05) is 24.3 Å². The summed E-state index contributed by atoms with van der Waals surface area (Å²) < 4.78 is 18.2. The molecule has 0 aromatic heterocycles. The normalized spacial score (nSPS) is 10.1. The molecule has 0 radical (unpaired) electrons. The first-order valence-electron chi connectivity index (χ1n) is 5.51. The predicted octanol–water partition coefficient (Wildman–Crippen LogP) is 0.725. The molecule has 0 saturated carbocycles. The van der Waals surface area contributed by atoms with E-state index in [2.05, 4.69) is 0 Å². The predicted molar refractivity (Wildman–Crippen MR) is 67.6 cm³/mol. The lowest BCUT2D eigenvalue weighted by atomic mass is 9.80. The zero-order valence-electron chi connectivity index (χ0n) is 9.79. The summed E-state index contributed by atoms with van der Waals surface area (Å²) in [5.41, 5.74) is 0.261. The maximum Gasteiger partial charge on any atom is 0.488 e. The number of esters is 1. The van der Waals surface area contributed by atoms with Crippen LogP contribution >= 0.6 is 0 Å². The number of carbonyl (C=O) groups is 1. The van der Waals surface area contributed by atoms with Crippen molar-refractivity contribution < 1.29 is 24.0 Å². The highest BCUT2D eigenvalue weighted by molar-refractivity contribution is 6.58. The van der Waals surface area contributed by atoms with Gasteiger partial charge in [0, 0.05) is 0 Å². The highest BCUT2D eigenvalue weighted by Crippen LogP contribution is 2.16. The van der Waals surface area contributed by atoms with Crippen LogP contribution in [0.1, 0.15) is 10.4 Å². The lowest BCUT2D eigenvalue weighted by molar-refractivity contribution is 0.0728. The van der Waals surface area contributed by atoms with Crippen molar-refractivity contribution in [3.63, 3.8) is 0 Å². The maximum absolute atomic E-state index is 13.3. The largest absolute Gasteiger partial charge is 0.488 e. The summed E-state index contributed by atoms with van der Waals surface area (Å²) in [6.45, 7) is 0. The van der Waals surface area contributed by atoms with Crippen LogP contribution < -0.4 is 10.2 Å². The molecular weight excluding hydrogens is 250 g/mol. The molecule has 2 aromatic carbocycles. The van der Waals surface area contributed by atoms with Crippen LogP contribution in [0.25, 0.3) is 0 Å². The van der Waals surface area contributed by atoms with E-state index in [0.717, 1.165) is 0 Å². The molecule has 6 heteroatoms. The van der Waals surface area contributed by atoms with Gasteiger partial charge in [-0.05, 0) is 29.7 Å². The number of hydrogen-bond acceptors (Lipinski definition) is 4. The Morgan fingerprint density at radius 2 is 1.84 bits per heavy atom. The lowest BCUT2D eigenvalue weighted by Crippen LogP contribution is -2.30. The zero-order chi connectivity index (χ0) is 13.8. The van der Waals surface area contributed by atoms with Crippen molar-refractivity contribution in [2.45, 2.75) is 0 Å². The van der Waals surface area contributed by atoms with Crippen molar-refractivity contribution >= 4 is 18.6 Å². The molecule has 0 heterocycles. The van der Waals surface area contributed by atoms with E-state index in [-0.39, 0.29) is 16.8 Å². The third-order valence-electron chi connectivity index (χ3n) is 2.46. The van der Waals surface area contributed by atoms with Crippen LogP contribution in [0.15, 0.2) is 48.5 Å². The molecule has 0 saturated heterocycles. The minimum absolute atomic E-state index is 0.105. The molecule has 2 rings (SSSR count). The van der Waals surface area contributed by atoms with E-state index in [4.69, 9.17) is 14.8 Å². The summed E-state index contributed by atoms with van der Waals surface area (Å²) >= 11 is 0. The minimum atomic E-state index is -1.68. The van der Waals surface area contributed by atoms with E-state index in [1.54, 1.807) is 6.07 Å². The van der Waals surface area contributed by atoms with Crippen LogP contribution in [-0.2, 0) is 0 Å². The van der Waals surface area contributed by atoms with Gasteiger partial charge in [0.1, 0.15) is 0 Å². The molecule has 0 unspecified atom stereocenters. The van der Waals surface area contributed by atoms with Gasteiger partial charge >= 0.3 is 13.1 Å². The second-order valence-electron chi connectivity index (χ2n) is 3.82. The Morgan fingerprint density at radius 3 is 2.53 bits per heavy atom.